The zero-order valence-electron chi connectivity index (χ0n) is 12.1. The average molecular weight is 296 g/mol. The second-order valence-corrected chi connectivity index (χ2v) is 5.11. The van der Waals surface area contributed by atoms with Gasteiger partial charge in [-0.05, 0) is 17.7 Å². The van der Waals surface area contributed by atoms with Gasteiger partial charge in [-0.1, -0.05) is 11.2 Å². The third-order valence-corrected chi connectivity index (χ3v) is 3.60. The molecule has 116 valence electrons. The molecular formula is C14H21FN4O2. The Hall–Kier alpha value is -1.86. The maximum absolute atomic E-state index is 13.6. The number of ether oxygens (including phenoxy) is 1. The van der Waals surface area contributed by atoms with Gasteiger partial charge in [0.2, 0.25) is 0 Å². The quantitative estimate of drug-likeness (QED) is 0.362. The summed E-state index contributed by atoms with van der Waals surface area (Å²) < 4.78 is 18.6. The highest BCUT2D eigenvalue weighted by Crippen LogP contribution is 2.19. The van der Waals surface area contributed by atoms with Crippen LogP contribution in [0.2, 0.25) is 0 Å². The van der Waals surface area contributed by atoms with Gasteiger partial charge in [-0.25, -0.2) is 4.39 Å². The molecule has 0 aliphatic carbocycles. The molecule has 21 heavy (non-hydrogen) atoms. The number of nitrogens with zero attached hydrogens (tertiary/aromatic N) is 3. The number of hydrogen-bond acceptors (Lipinski definition) is 5. The summed E-state index contributed by atoms with van der Waals surface area (Å²) in [4.78, 5) is 4.38. The number of methoxy groups -OCH3 is 1. The molecule has 1 fully saturated rings. The number of piperazine rings is 1. The molecule has 7 heteroatoms. The van der Waals surface area contributed by atoms with E-state index in [9.17, 15) is 4.39 Å². The van der Waals surface area contributed by atoms with Crippen molar-refractivity contribution in [2.75, 3.05) is 39.8 Å². The van der Waals surface area contributed by atoms with Crippen LogP contribution in [-0.2, 0) is 6.54 Å². The van der Waals surface area contributed by atoms with Gasteiger partial charge in [0, 0.05) is 32.7 Å². The molecule has 0 atom stereocenters. The Labute approximate surface area is 123 Å². The maximum atomic E-state index is 13.6. The van der Waals surface area contributed by atoms with Gasteiger partial charge in [0.05, 0.1) is 13.7 Å². The number of nitrogens with two attached hydrogens (primary N) is 1. The molecule has 0 saturated carbocycles. The van der Waals surface area contributed by atoms with E-state index in [1.807, 2.05) is 6.07 Å². The van der Waals surface area contributed by atoms with Gasteiger partial charge in [-0.2, -0.15) is 0 Å². The van der Waals surface area contributed by atoms with E-state index in [0.29, 0.717) is 13.1 Å². The van der Waals surface area contributed by atoms with Crippen LogP contribution in [0.5, 0.6) is 5.75 Å². The van der Waals surface area contributed by atoms with E-state index >= 15 is 0 Å². The van der Waals surface area contributed by atoms with Crippen LogP contribution in [0.4, 0.5) is 4.39 Å². The Balaban J connectivity index is 1.84. The monoisotopic (exact) mass is 296 g/mol. The van der Waals surface area contributed by atoms with Crippen LogP contribution >= 0.6 is 0 Å². The van der Waals surface area contributed by atoms with E-state index in [1.54, 1.807) is 6.07 Å². The van der Waals surface area contributed by atoms with E-state index in [-0.39, 0.29) is 17.4 Å². The van der Waals surface area contributed by atoms with Crippen LogP contribution in [0.25, 0.3) is 0 Å². The number of amidine groups is 1. The molecule has 6 nitrogen and oxygen atoms in total. The average Bonchev–Trinajstić information content (AvgIpc) is 2.49. The van der Waals surface area contributed by atoms with Crippen LogP contribution in [0.1, 0.15) is 5.56 Å². The van der Waals surface area contributed by atoms with Gasteiger partial charge in [0.1, 0.15) is 0 Å². The lowest BCUT2D eigenvalue weighted by molar-refractivity contribution is 0.139. The van der Waals surface area contributed by atoms with Gasteiger partial charge in [-0.15, -0.1) is 0 Å². The van der Waals surface area contributed by atoms with Gasteiger partial charge < -0.3 is 15.7 Å². The highest BCUT2D eigenvalue weighted by molar-refractivity contribution is 5.81. The summed E-state index contributed by atoms with van der Waals surface area (Å²) in [7, 11) is 1.46. The minimum atomic E-state index is -0.333. The van der Waals surface area contributed by atoms with Crippen molar-refractivity contribution in [3.63, 3.8) is 0 Å². The molecule has 2 rings (SSSR count). The van der Waals surface area contributed by atoms with Gasteiger partial charge in [0.15, 0.2) is 17.4 Å². The second-order valence-electron chi connectivity index (χ2n) is 5.11. The van der Waals surface area contributed by atoms with Crippen molar-refractivity contribution in [1.82, 2.24) is 9.80 Å². The lowest BCUT2D eigenvalue weighted by atomic mass is 10.2. The Morgan fingerprint density at radius 2 is 2.00 bits per heavy atom. The summed E-state index contributed by atoms with van der Waals surface area (Å²) in [6, 6.07) is 5.05. The number of oxime groups is 1. The summed E-state index contributed by atoms with van der Waals surface area (Å²) in [5.74, 6) is 0.156. The number of halogens is 1. The molecule has 0 unspecified atom stereocenters. The predicted molar refractivity (Wildman–Crippen MR) is 78.1 cm³/mol. The minimum Gasteiger partial charge on any atom is -0.494 e. The second kappa shape index (κ2) is 7.24. The minimum absolute atomic E-state index is 0.223. The third-order valence-electron chi connectivity index (χ3n) is 3.60. The molecule has 1 aliphatic rings. The lowest BCUT2D eigenvalue weighted by Gasteiger charge is -2.34. The van der Waals surface area contributed by atoms with Crippen molar-refractivity contribution >= 4 is 5.84 Å². The summed E-state index contributed by atoms with van der Waals surface area (Å²) in [5.41, 5.74) is 6.43. The molecule has 0 bridgehead atoms. The Morgan fingerprint density at radius 3 is 2.57 bits per heavy atom. The van der Waals surface area contributed by atoms with Crippen molar-refractivity contribution < 1.29 is 14.3 Å². The topological polar surface area (TPSA) is 74.3 Å². The molecule has 0 radical (unpaired) electrons. The molecule has 1 aliphatic heterocycles. The van der Waals surface area contributed by atoms with Gasteiger partial charge in [0.25, 0.3) is 0 Å². The van der Waals surface area contributed by atoms with Crippen LogP contribution in [0, 0.1) is 5.82 Å². The zero-order chi connectivity index (χ0) is 15.2. The molecule has 1 aromatic carbocycles. The number of benzene rings is 1. The van der Waals surface area contributed by atoms with Crippen LogP contribution in [0.3, 0.4) is 0 Å². The molecule has 0 aromatic heterocycles. The molecular weight excluding hydrogens is 275 g/mol. The SMILES string of the molecule is COc1ccc(CN2CCN(CC(N)=NO)CC2)cc1F. The summed E-state index contributed by atoms with van der Waals surface area (Å²) >= 11 is 0. The van der Waals surface area contributed by atoms with Gasteiger partial charge in [-0.3, -0.25) is 9.80 Å². The first kappa shape index (κ1) is 15.5. The highest BCUT2D eigenvalue weighted by atomic mass is 19.1. The molecule has 1 heterocycles. The van der Waals surface area contributed by atoms with Crippen LogP contribution in [0.15, 0.2) is 23.4 Å². The Kier molecular flexibility index (Phi) is 5.35. The molecule has 1 aromatic rings. The first-order chi connectivity index (χ1) is 10.1. The fourth-order valence-corrected chi connectivity index (χ4v) is 2.43. The maximum Gasteiger partial charge on any atom is 0.165 e. The number of rotatable bonds is 5. The van der Waals surface area contributed by atoms with E-state index in [2.05, 4.69) is 15.0 Å². The van der Waals surface area contributed by atoms with Crippen LogP contribution < -0.4 is 10.5 Å². The molecule has 0 spiro atoms. The summed E-state index contributed by atoms with van der Waals surface area (Å²) in [6.07, 6.45) is 0. The fraction of sp³-hybridized carbons (Fsp3) is 0.500. The van der Waals surface area contributed by atoms with Crippen molar-refractivity contribution in [3.8, 4) is 5.75 Å². The van der Waals surface area contributed by atoms with Crippen molar-refractivity contribution in [2.24, 2.45) is 10.9 Å². The number of hydrogen-bond donors (Lipinski definition) is 2. The van der Waals surface area contributed by atoms with E-state index in [4.69, 9.17) is 15.7 Å². The third kappa shape index (κ3) is 4.30. The van der Waals surface area contributed by atoms with E-state index in [0.717, 1.165) is 31.7 Å². The van der Waals surface area contributed by atoms with Crippen molar-refractivity contribution in [2.45, 2.75) is 6.54 Å². The smallest absolute Gasteiger partial charge is 0.165 e. The molecule has 1 saturated heterocycles. The predicted octanol–water partition coefficient (Wildman–Crippen LogP) is 0.698. The highest BCUT2D eigenvalue weighted by Gasteiger charge is 2.18. The van der Waals surface area contributed by atoms with E-state index in [1.165, 1.54) is 13.2 Å². The largest absolute Gasteiger partial charge is 0.494 e. The normalized spacial score (nSPS) is 17.9. The van der Waals surface area contributed by atoms with E-state index < -0.39 is 0 Å². The zero-order valence-corrected chi connectivity index (χ0v) is 12.1. The Bertz CT molecular complexity index is 502. The standard InChI is InChI=1S/C14H21FN4O2/c1-21-13-3-2-11(8-12(13)15)9-18-4-6-19(7-5-18)10-14(16)17-20/h2-3,8,20H,4-7,9-10H2,1H3,(H2,16,17). The van der Waals surface area contributed by atoms with Crippen molar-refractivity contribution in [3.05, 3.63) is 29.6 Å². The molecule has 0 amide bonds. The van der Waals surface area contributed by atoms with Crippen LogP contribution in [-0.4, -0.2) is 60.7 Å². The van der Waals surface area contributed by atoms with Gasteiger partial charge >= 0.3 is 0 Å². The van der Waals surface area contributed by atoms with Crippen molar-refractivity contribution in [1.29, 1.82) is 0 Å². The summed E-state index contributed by atoms with van der Waals surface area (Å²) in [5, 5.41) is 11.5. The lowest BCUT2D eigenvalue weighted by Crippen LogP contribution is -2.48. The summed E-state index contributed by atoms with van der Waals surface area (Å²) in [6.45, 7) is 4.60. The first-order valence-electron chi connectivity index (χ1n) is 6.86. The Morgan fingerprint density at radius 1 is 1.33 bits per heavy atom. The molecule has 3 N–H and O–H groups in total. The first-order valence-corrected chi connectivity index (χ1v) is 6.86. The fourth-order valence-electron chi connectivity index (χ4n) is 2.43.